The lowest BCUT2D eigenvalue weighted by molar-refractivity contribution is 0.0779. The Kier molecular flexibility index (Phi) is 4.80. The Bertz CT molecular complexity index is 650. The predicted octanol–water partition coefficient (Wildman–Crippen LogP) is 2.67. The van der Waals surface area contributed by atoms with Crippen LogP contribution in [0, 0.1) is 6.92 Å². The van der Waals surface area contributed by atoms with Crippen molar-refractivity contribution < 1.29 is 9.53 Å². The molecule has 3 heterocycles. The number of carbonyl (C=O) groups excluding carboxylic acids is 1. The molecule has 1 aliphatic heterocycles. The predicted molar refractivity (Wildman–Crippen MR) is 85.1 cm³/mol. The summed E-state index contributed by atoms with van der Waals surface area (Å²) in [6, 6.07) is 5.64. The number of nitrogens with zero attached hydrogens (tertiary/aromatic N) is 2. The van der Waals surface area contributed by atoms with Crippen molar-refractivity contribution in [1.29, 1.82) is 0 Å². The van der Waals surface area contributed by atoms with E-state index in [1.54, 1.807) is 6.20 Å². The Labute approximate surface area is 133 Å². The standard InChI is InChI=1S/C16H19N3O2S/c1-11-4-5-14(22-11)16(20)18-9-13-6-7-17-15(19-13)12-3-2-8-21-10-12/h4-7,12H,2-3,8-10H2,1H3,(H,18,20)/t12-/m0/s1. The van der Waals surface area contributed by atoms with E-state index in [1.807, 2.05) is 25.1 Å². The van der Waals surface area contributed by atoms with Crippen LogP contribution in [0.5, 0.6) is 0 Å². The maximum Gasteiger partial charge on any atom is 0.261 e. The van der Waals surface area contributed by atoms with Crippen LogP contribution in [-0.4, -0.2) is 29.1 Å². The fourth-order valence-corrected chi connectivity index (χ4v) is 3.25. The molecular weight excluding hydrogens is 298 g/mol. The van der Waals surface area contributed by atoms with E-state index >= 15 is 0 Å². The van der Waals surface area contributed by atoms with Gasteiger partial charge in [0.1, 0.15) is 5.82 Å². The van der Waals surface area contributed by atoms with Gasteiger partial charge in [-0.1, -0.05) is 0 Å². The fraction of sp³-hybridized carbons (Fsp3) is 0.438. The summed E-state index contributed by atoms with van der Waals surface area (Å²) < 4.78 is 5.49. The van der Waals surface area contributed by atoms with Gasteiger partial charge in [0.15, 0.2) is 0 Å². The van der Waals surface area contributed by atoms with Gasteiger partial charge in [0.2, 0.25) is 0 Å². The first kappa shape index (κ1) is 15.1. The molecule has 0 aliphatic carbocycles. The minimum atomic E-state index is -0.0562. The van der Waals surface area contributed by atoms with Crippen LogP contribution in [0.15, 0.2) is 24.4 Å². The normalized spacial score (nSPS) is 18.1. The summed E-state index contributed by atoms with van der Waals surface area (Å²) in [7, 11) is 0. The van der Waals surface area contributed by atoms with Crippen molar-refractivity contribution in [3.8, 4) is 0 Å². The van der Waals surface area contributed by atoms with E-state index in [9.17, 15) is 4.79 Å². The number of aromatic nitrogens is 2. The SMILES string of the molecule is Cc1ccc(C(=O)NCc2ccnc([C@H]3CCCOC3)n2)s1. The third kappa shape index (κ3) is 3.69. The molecule has 1 aliphatic rings. The Balaban J connectivity index is 1.61. The maximum absolute atomic E-state index is 12.1. The van der Waals surface area contributed by atoms with Gasteiger partial charge in [0.25, 0.3) is 5.91 Å². The Morgan fingerprint density at radius 3 is 3.09 bits per heavy atom. The Hall–Kier alpha value is -1.79. The molecule has 116 valence electrons. The average molecular weight is 317 g/mol. The Morgan fingerprint density at radius 1 is 1.45 bits per heavy atom. The number of hydrogen-bond donors (Lipinski definition) is 1. The molecule has 0 bridgehead atoms. The van der Waals surface area contributed by atoms with Gasteiger partial charge in [-0.15, -0.1) is 11.3 Å². The monoisotopic (exact) mass is 317 g/mol. The van der Waals surface area contributed by atoms with Crippen LogP contribution in [0.4, 0.5) is 0 Å². The second-order valence-electron chi connectivity index (χ2n) is 5.41. The van der Waals surface area contributed by atoms with Gasteiger partial charge in [-0.25, -0.2) is 9.97 Å². The molecule has 0 aromatic carbocycles. The minimum absolute atomic E-state index is 0.0562. The van der Waals surface area contributed by atoms with Gasteiger partial charge in [0, 0.05) is 23.6 Å². The highest BCUT2D eigenvalue weighted by molar-refractivity contribution is 7.13. The number of aryl methyl sites for hydroxylation is 1. The zero-order valence-corrected chi connectivity index (χ0v) is 13.4. The number of thiophene rings is 1. The summed E-state index contributed by atoms with van der Waals surface area (Å²) in [5.41, 5.74) is 0.831. The number of ether oxygens (including phenoxy) is 1. The maximum atomic E-state index is 12.1. The summed E-state index contributed by atoms with van der Waals surface area (Å²) in [6.45, 7) is 3.92. The molecule has 1 fully saturated rings. The van der Waals surface area contributed by atoms with Gasteiger partial charge in [-0.05, 0) is 38.0 Å². The highest BCUT2D eigenvalue weighted by Crippen LogP contribution is 2.22. The minimum Gasteiger partial charge on any atom is -0.381 e. The van der Waals surface area contributed by atoms with Crippen molar-refractivity contribution in [2.75, 3.05) is 13.2 Å². The van der Waals surface area contributed by atoms with Crippen LogP contribution in [0.25, 0.3) is 0 Å². The summed E-state index contributed by atoms with van der Waals surface area (Å²) in [6.07, 6.45) is 3.87. The van der Waals surface area contributed by atoms with Crippen LogP contribution in [-0.2, 0) is 11.3 Å². The van der Waals surface area contributed by atoms with Crippen molar-refractivity contribution in [3.05, 3.63) is 45.7 Å². The molecular formula is C16H19N3O2S. The van der Waals surface area contributed by atoms with Crippen molar-refractivity contribution in [1.82, 2.24) is 15.3 Å². The summed E-state index contributed by atoms with van der Waals surface area (Å²) in [5, 5.41) is 2.91. The fourth-order valence-electron chi connectivity index (χ4n) is 2.47. The van der Waals surface area contributed by atoms with E-state index in [-0.39, 0.29) is 11.8 Å². The second-order valence-corrected chi connectivity index (χ2v) is 6.70. The van der Waals surface area contributed by atoms with Crippen molar-refractivity contribution >= 4 is 17.2 Å². The highest BCUT2D eigenvalue weighted by atomic mass is 32.1. The molecule has 6 heteroatoms. The molecule has 3 rings (SSSR count). The quantitative estimate of drug-likeness (QED) is 0.941. The molecule has 5 nitrogen and oxygen atoms in total. The molecule has 0 saturated carbocycles. The third-order valence-electron chi connectivity index (χ3n) is 3.65. The lowest BCUT2D eigenvalue weighted by atomic mass is 10.0. The summed E-state index contributed by atoms with van der Waals surface area (Å²) >= 11 is 1.50. The van der Waals surface area contributed by atoms with E-state index in [2.05, 4.69) is 15.3 Å². The number of carbonyl (C=O) groups is 1. The molecule has 1 saturated heterocycles. The topological polar surface area (TPSA) is 64.1 Å². The van der Waals surface area contributed by atoms with E-state index in [1.165, 1.54) is 11.3 Å². The largest absolute Gasteiger partial charge is 0.381 e. The van der Waals surface area contributed by atoms with Gasteiger partial charge in [-0.2, -0.15) is 0 Å². The van der Waals surface area contributed by atoms with Gasteiger partial charge < -0.3 is 10.1 Å². The lowest BCUT2D eigenvalue weighted by Gasteiger charge is -2.20. The van der Waals surface area contributed by atoms with E-state index < -0.39 is 0 Å². The molecule has 2 aromatic rings. The zero-order valence-electron chi connectivity index (χ0n) is 12.5. The van der Waals surface area contributed by atoms with E-state index in [4.69, 9.17) is 4.74 Å². The van der Waals surface area contributed by atoms with Crippen LogP contribution in [0.3, 0.4) is 0 Å². The molecule has 22 heavy (non-hydrogen) atoms. The van der Waals surface area contributed by atoms with Crippen LogP contribution in [0.2, 0.25) is 0 Å². The molecule has 0 spiro atoms. The molecule has 0 unspecified atom stereocenters. The first-order valence-electron chi connectivity index (χ1n) is 7.46. The number of amides is 1. The van der Waals surface area contributed by atoms with Crippen molar-refractivity contribution in [3.63, 3.8) is 0 Å². The first-order valence-corrected chi connectivity index (χ1v) is 8.28. The number of hydrogen-bond acceptors (Lipinski definition) is 5. The van der Waals surface area contributed by atoms with Gasteiger partial charge >= 0.3 is 0 Å². The molecule has 0 radical (unpaired) electrons. The second kappa shape index (κ2) is 6.98. The average Bonchev–Trinajstić information content (AvgIpc) is 3.00. The smallest absolute Gasteiger partial charge is 0.261 e. The van der Waals surface area contributed by atoms with Crippen molar-refractivity contribution in [2.45, 2.75) is 32.2 Å². The van der Waals surface area contributed by atoms with Gasteiger partial charge in [-0.3, -0.25) is 4.79 Å². The highest BCUT2D eigenvalue weighted by Gasteiger charge is 2.19. The van der Waals surface area contributed by atoms with Crippen LogP contribution < -0.4 is 5.32 Å². The van der Waals surface area contributed by atoms with Crippen molar-refractivity contribution in [2.24, 2.45) is 0 Å². The molecule has 1 atom stereocenters. The first-order chi connectivity index (χ1) is 10.7. The van der Waals surface area contributed by atoms with Crippen LogP contribution >= 0.6 is 11.3 Å². The zero-order chi connectivity index (χ0) is 15.4. The number of nitrogens with one attached hydrogen (secondary N) is 1. The molecule has 1 amide bonds. The third-order valence-corrected chi connectivity index (χ3v) is 4.65. The van der Waals surface area contributed by atoms with Gasteiger partial charge in [0.05, 0.1) is 23.7 Å². The Morgan fingerprint density at radius 2 is 2.36 bits per heavy atom. The van der Waals surface area contributed by atoms with E-state index in [0.717, 1.165) is 40.7 Å². The van der Waals surface area contributed by atoms with Crippen LogP contribution in [0.1, 0.15) is 44.8 Å². The molecule has 2 aromatic heterocycles. The summed E-state index contributed by atoms with van der Waals surface area (Å²) in [5.74, 6) is 1.03. The molecule has 1 N–H and O–H groups in total. The summed E-state index contributed by atoms with van der Waals surface area (Å²) in [4.78, 5) is 22.8. The van der Waals surface area contributed by atoms with E-state index in [0.29, 0.717) is 13.2 Å². The number of rotatable bonds is 4. The lowest BCUT2D eigenvalue weighted by Crippen LogP contribution is -2.23.